The van der Waals surface area contributed by atoms with E-state index in [2.05, 4.69) is 24.3 Å². The minimum absolute atomic E-state index is 0.180. The molecule has 5 heteroatoms. The number of amides is 1. The fourth-order valence-corrected chi connectivity index (χ4v) is 2.00. The molecule has 1 aromatic heterocycles. The average molecular weight is 266 g/mol. The highest BCUT2D eigenvalue weighted by Gasteiger charge is 2.12. The zero-order valence-corrected chi connectivity index (χ0v) is 12.3. The van der Waals surface area contributed by atoms with Gasteiger partial charge in [0, 0.05) is 19.8 Å². The summed E-state index contributed by atoms with van der Waals surface area (Å²) in [6, 6.07) is 0. The average Bonchev–Trinajstić information content (AvgIpc) is 2.66. The lowest BCUT2D eigenvalue weighted by molar-refractivity contribution is 0.0948. The van der Waals surface area contributed by atoms with Crippen molar-refractivity contribution in [2.75, 3.05) is 12.3 Å². The third-order valence-corrected chi connectivity index (χ3v) is 3.07. The fourth-order valence-electron chi connectivity index (χ4n) is 2.00. The Morgan fingerprint density at radius 1 is 1.37 bits per heavy atom. The molecule has 1 heterocycles. The summed E-state index contributed by atoms with van der Waals surface area (Å²) in [5, 5.41) is 6.90. The van der Waals surface area contributed by atoms with E-state index in [1.807, 2.05) is 0 Å². The van der Waals surface area contributed by atoms with Crippen LogP contribution in [0.2, 0.25) is 0 Å². The number of nitrogens with one attached hydrogen (secondary N) is 1. The first kappa shape index (κ1) is 15.5. The van der Waals surface area contributed by atoms with Crippen molar-refractivity contribution < 1.29 is 4.79 Å². The maximum Gasteiger partial charge on any atom is 0.273 e. The van der Waals surface area contributed by atoms with Crippen LogP contribution >= 0.6 is 0 Å². The van der Waals surface area contributed by atoms with Gasteiger partial charge >= 0.3 is 0 Å². The van der Waals surface area contributed by atoms with Gasteiger partial charge in [-0.15, -0.1) is 0 Å². The molecule has 0 aromatic carbocycles. The molecule has 1 aromatic rings. The van der Waals surface area contributed by atoms with Crippen molar-refractivity contribution >= 4 is 11.6 Å². The van der Waals surface area contributed by atoms with Gasteiger partial charge in [-0.25, -0.2) is 0 Å². The number of hydrogen-bond donors (Lipinski definition) is 2. The van der Waals surface area contributed by atoms with Crippen LogP contribution in [0.5, 0.6) is 0 Å². The van der Waals surface area contributed by atoms with Crippen LogP contribution in [-0.2, 0) is 7.05 Å². The summed E-state index contributed by atoms with van der Waals surface area (Å²) in [4.78, 5) is 11.8. The second-order valence-electron chi connectivity index (χ2n) is 5.46. The number of anilines is 1. The summed E-state index contributed by atoms with van der Waals surface area (Å²) in [5.74, 6) is 0.604. The summed E-state index contributed by atoms with van der Waals surface area (Å²) in [5.41, 5.74) is 6.45. The number of carbonyl (C=O) groups excluding carboxylic acids is 1. The van der Waals surface area contributed by atoms with E-state index < -0.39 is 0 Å². The Kier molecular flexibility index (Phi) is 6.39. The molecule has 0 spiro atoms. The highest BCUT2D eigenvalue weighted by atomic mass is 16.1. The van der Waals surface area contributed by atoms with Gasteiger partial charge in [-0.1, -0.05) is 39.5 Å². The molecule has 0 aliphatic heterocycles. The molecule has 0 saturated heterocycles. The molecule has 1 rings (SSSR count). The van der Waals surface area contributed by atoms with E-state index in [1.54, 1.807) is 17.9 Å². The van der Waals surface area contributed by atoms with Gasteiger partial charge in [-0.3, -0.25) is 9.48 Å². The molecule has 0 unspecified atom stereocenters. The van der Waals surface area contributed by atoms with Gasteiger partial charge in [-0.2, -0.15) is 5.10 Å². The molecule has 1 amide bonds. The minimum Gasteiger partial charge on any atom is -0.396 e. The van der Waals surface area contributed by atoms with Crippen LogP contribution < -0.4 is 11.1 Å². The number of hydrogen-bond acceptors (Lipinski definition) is 3. The van der Waals surface area contributed by atoms with Crippen molar-refractivity contribution in [1.29, 1.82) is 0 Å². The van der Waals surface area contributed by atoms with Crippen molar-refractivity contribution in [2.24, 2.45) is 13.0 Å². The van der Waals surface area contributed by atoms with Gasteiger partial charge in [0.25, 0.3) is 5.91 Å². The minimum atomic E-state index is -0.180. The monoisotopic (exact) mass is 266 g/mol. The van der Waals surface area contributed by atoms with Crippen molar-refractivity contribution in [3.8, 4) is 0 Å². The van der Waals surface area contributed by atoms with E-state index in [-0.39, 0.29) is 5.91 Å². The topological polar surface area (TPSA) is 72.9 Å². The lowest BCUT2D eigenvalue weighted by Gasteiger charge is -2.05. The van der Waals surface area contributed by atoms with Crippen LogP contribution in [0.1, 0.15) is 56.4 Å². The van der Waals surface area contributed by atoms with E-state index in [4.69, 9.17) is 5.73 Å². The Bertz CT molecular complexity index is 398. The van der Waals surface area contributed by atoms with Crippen molar-refractivity contribution in [3.05, 3.63) is 11.9 Å². The molecular formula is C14H26N4O. The van der Waals surface area contributed by atoms with Crippen LogP contribution in [0.3, 0.4) is 0 Å². The maximum absolute atomic E-state index is 11.8. The smallest absolute Gasteiger partial charge is 0.273 e. The number of nitrogen functional groups attached to an aromatic ring is 1. The predicted molar refractivity (Wildman–Crippen MR) is 77.9 cm³/mol. The number of aromatic nitrogens is 2. The summed E-state index contributed by atoms with van der Waals surface area (Å²) < 4.78 is 1.55. The van der Waals surface area contributed by atoms with Gasteiger partial charge in [0.1, 0.15) is 0 Å². The Balaban J connectivity index is 2.13. The van der Waals surface area contributed by atoms with Crippen LogP contribution in [-0.4, -0.2) is 22.2 Å². The van der Waals surface area contributed by atoms with Gasteiger partial charge < -0.3 is 11.1 Å². The number of unbranched alkanes of at least 4 members (excludes halogenated alkanes) is 3. The second-order valence-corrected chi connectivity index (χ2v) is 5.46. The van der Waals surface area contributed by atoms with Gasteiger partial charge in [0.2, 0.25) is 0 Å². The first-order valence-corrected chi connectivity index (χ1v) is 7.08. The molecule has 19 heavy (non-hydrogen) atoms. The maximum atomic E-state index is 11.8. The summed E-state index contributed by atoms with van der Waals surface area (Å²) in [7, 11) is 1.75. The quantitative estimate of drug-likeness (QED) is 0.709. The molecule has 108 valence electrons. The van der Waals surface area contributed by atoms with Crippen molar-refractivity contribution in [1.82, 2.24) is 15.1 Å². The number of carbonyl (C=O) groups is 1. The van der Waals surface area contributed by atoms with Crippen molar-refractivity contribution in [3.63, 3.8) is 0 Å². The summed E-state index contributed by atoms with van der Waals surface area (Å²) >= 11 is 0. The number of aryl methyl sites for hydroxylation is 1. The van der Waals surface area contributed by atoms with E-state index in [1.165, 1.54) is 19.3 Å². The Morgan fingerprint density at radius 2 is 2.05 bits per heavy atom. The van der Waals surface area contributed by atoms with E-state index in [0.29, 0.717) is 17.9 Å². The summed E-state index contributed by atoms with van der Waals surface area (Å²) in [6.07, 6.45) is 7.61. The highest BCUT2D eigenvalue weighted by Crippen LogP contribution is 2.10. The SMILES string of the molecule is CC(C)CCCCCCNC(=O)c1nn(C)cc1N. The molecule has 0 saturated carbocycles. The fraction of sp³-hybridized carbons (Fsp3) is 0.714. The third kappa shape index (κ3) is 5.77. The first-order chi connectivity index (χ1) is 9.00. The Hall–Kier alpha value is -1.52. The molecule has 0 atom stereocenters. The second kappa shape index (κ2) is 7.81. The zero-order valence-electron chi connectivity index (χ0n) is 12.3. The molecule has 5 nitrogen and oxygen atoms in total. The number of nitrogens with two attached hydrogens (primary N) is 1. The Labute approximate surface area is 115 Å². The molecule has 0 aliphatic carbocycles. The Morgan fingerprint density at radius 3 is 2.63 bits per heavy atom. The molecule has 0 fully saturated rings. The lowest BCUT2D eigenvalue weighted by Crippen LogP contribution is -2.25. The van der Waals surface area contributed by atoms with E-state index in [9.17, 15) is 4.79 Å². The standard InChI is InChI=1S/C14H26N4O/c1-11(2)8-6-4-5-7-9-16-14(19)13-12(15)10-18(3)17-13/h10-11H,4-9,15H2,1-3H3,(H,16,19). The summed E-state index contributed by atoms with van der Waals surface area (Å²) in [6.45, 7) is 5.19. The zero-order chi connectivity index (χ0) is 14.3. The number of nitrogens with zero attached hydrogens (tertiary/aromatic N) is 2. The lowest BCUT2D eigenvalue weighted by atomic mass is 10.0. The van der Waals surface area contributed by atoms with E-state index in [0.717, 1.165) is 18.8 Å². The van der Waals surface area contributed by atoms with E-state index >= 15 is 0 Å². The predicted octanol–water partition coefficient (Wildman–Crippen LogP) is 2.34. The largest absolute Gasteiger partial charge is 0.396 e. The van der Waals surface area contributed by atoms with Gasteiger partial charge in [-0.05, 0) is 12.3 Å². The normalized spacial score (nSPS) is 10.9. The van der Waals surface area contributed by atoms with Gasteiger partial charge in [0.05, 0.1) is 5.69 Å². The third-order valence-electron chi connectivity index (χ3n) is 3.07. The van der Waals surface area contributed by atoms with Crippen LogP contribution in [0.15, 0.2) is 6.20 Å². The molecular weight excluding hydrogens is 240 g/mol. The van der Waals surface area contributed by atoms with Crippen LogP contribution in [0.4, 0.5) is 5.69 Å². The first-order valence-electron chi connectivity index (χ1n) is 7.08. The molecule has 0 bridgehead atoms. The molecule has 0 radical (unpaired) electrons. The van der Waals surface area contributed by atoms with Crippen LogP contribution in [0.25, 0.3) is 0 Å². The van der Waals surface area contributed by atoms with Gasteiger partial charge in [0.15, 0.2) is 5.69 Å². The number of rotatable bonds is 8. The molecule has 0 aliphatic rings. The van der Waals surface area contributed by atoms with Crippen molar-refractivity contribution in [2.45, 2.75) is 46.0 Å². The molecule has 3 N–H and O–H groups in total. The highest BCUT2D eigenvalue weighted by molar-refractivity contribution is 5.96. The van der Waals surface area contributed by atoms with Crippen LogP contribution in [0, 0.1) is 5.92 Å².